The predicted molar refractivity (Wildman–Crippen MR) is 117 cm³/mol. The summed E-state index contributed by atoms with van der Waals surface area (Å²) in [6.45, 7) is 1.25. The molecule has 2 rings (SSSR count). The summed E-state index contributed by atoms with van der Waals surface area (Å²) in [4.78, 5) is 0.00239. The number of anilines is 1. The van der Waals surface area contributed by atoms with Gasteiger partial charge in [-0.2, -0.15) is 0 Å². The average molecular weight is 501 g/mol. The van der Waals surface area contributed by atoms with E-state index in [-0.39, 0.29) is 29.2 Å². The first kappa shape index (κ1) is 24.2. The Morgan fingerprint density at radius 2 is 1.59 bits per heavy atom. The number of nitrogens with zero attached hydrogens (tertiary/aromatic N) is 1. The molecule has 0 heterocycles. The van der Waals surface area contributed by atoms with Crippen LogP contribution in [0.4, 0.5) is 5.69 Å². The second-order valence-electron chi connectivity index (χ2n) is 6.42. The molecule has 0 fully saturated rings. The van der Waals surface area contributed by atoms with Gasteiger partial charge in [0, 0.05) is 32.3 Å². The van der Waals surface area contributed by atoms with E-state index in [4.69, 9.17) is 33.9 Å². The number of aliphatic hydroxyl groups excluding tert-OH is 1. The van der Waals surface area contributed by atoms with Gasteiger partial charge in [0.2, 0.25) is 9.05 Å². The Morgan fingerprint density at radius 1 is 1.00 bits per heavy atom. The predicted octanol–water partition coefficient (Wildman–Crippen LogP) is 4.42. The van der Waals surface area contributed by atoms with E-state index >= 15 is 0 Å². The molecule has 0 radical (unpaired) electrons. The van der Waals surface area contributed by atoms with Crippen LogP contribution in [0.1, 0.15) is 25.3 Å². The van der Waals surface area contributed by atoms with E-state index in [1.165, 1.54) is 36.4 Å². The van der Waals surface area contributed by atoms with Gasteiger partial charge in [0.25, 0.3) is 10.0 Å². The summed E-state index contributed by atoms with van der Waals surface area (Å²) in [7, 11) is -2.50. The smallest absolute Gasteiger partial charge is 0.264 e. The van der Waals surface area contributed by atoms with Gasteiger partial charge in [-0.3, -0.25) is 4.31 Å². The molecule has 1 atom stereocenters. The summed E-state index contributed by atoms with van der Waals surface area (Å²) in [6.07, 6.45) is 0.380. The standard InChI is InChI=1S/C18H20Cl3NO5S2/c1-13(3-2-10-28(21,24)25)22(18-11-16(20)5-4-14(18)12-23)29(26,27)17-8-6-15(19)7-9-17/h4-9,11,13,23H,2-3,10,12H2,1H3/t13-/m1/s1. The summed E-state index contributed by atoms with van der Waals surface area (Å²) < 4.78 is 50.5. The fourth-order valence-electron chi connectivity index (χ4n) is 2.87. The van der Waals surface area contributed by atoms with E-state index < -0.39 is 31.7 Å². The number of rotatable bonds is 9. The zero-order valence-electron chi connectivity index (χ0n) is 15.4. The third-order valence-corrected chi connectivity index (χ3v) is 7.90. The lowest BCUT2D eigenvalue weighted by Crippen LogP contribution is -2.39. The Bertz CT molecular complexity index is 1060. The van der Waals surface area contributed by atoms with Crippen molar-refractivity contribution in [2.24, 2.45) is 0 Å². The molecule has 0 aliphatic heterocycles. The number of benzene rings is 2. The van der Waals surface area contributed by atoms with Crippen LogP contribution in [0.5, 0.6) is 0 Å². The lowest BCUT2D eigenvalue weighted by Gasteiger charge is -2.32. The van der Waals surface area contributed by atoms with Crippen molar-refractivity contribution in [3.63, 3.8) is 0 Å². The summed E-state index contributed by atoms with van der Waals surface area (Å²) in [5.74, 6) is -0.282. The van der Waals surface area contributed by atoms with Gasteiger partial charge in [0.05, 0.1) is 22.9 Å². The zero-order chi connectivity index (χ0) is 21.8. The highest BCUT2D eigenvalue weighted by Gasteiger charge is 2.31. The van der Waals surface area contributed by atoms with Crippen molar-refractivity contribution in [3.05, 3.63) is 58.1 Å². The van der Waals surface area contributed by atoms with Gasteiger partial charge in [-0.25, -0.2) is 16.8 Å². The Morgan fingerprint density at radius 3 is 2.14 bits per heavy atom. The van der Waals surface area contributed by atoms with Crippen molar-refractivity contribution in [1.82, 2.24) is 0 Å². The minimum atomic E-state index is -4.06. The molecule has 0 saturated carbocycles. The fraction of sp³-hybridized carbons (Fsp3) is 0.333. The molecule has 11 heteroatoms. The molecule has 160 valence electrons. The van der Waals surface area contributed by atoms with Gasteiger partial charge in [-0.05, 0) is 56.2 Å². The molecule has 0 spiro atoms. The summed E-state index contributed by atoms with van der Waals surface area (Å²) in [6, 6.07) is 9.58. The average Bonchev–Trinajstić information content (AvgIpc) is 2.61. The van der Waals surface area contributed by atoms with Gasteiger partial charge in [0.15, 0.2) is 0 Å². The summed E-state index contributed by atoms with van der Waals surface area (Å²) in [5, 5.41) is 10.4. The van der Waals surface area contributed by atoms with Gasteiger partial charge >= 0.3 is 0 Å². The van der Waals surface area contributed by atoms with Crippen LogP contribution in [-0.2, 0) is 25.7 Å². The molecule has 6 nitrogen and oxygen atoms in total. The zero-order valence-corrected chi connectivity index (χ0v) is 19.3. The van der Waals surface area contributed by atoms with Crippen LogP contribution in [-0.4, -0.2) is 33.7 Å². The number of aliphatic hydroxyl groups is 1. The molecule has 0 aromatic heterocycles. The number of hydrogen-bond acceptors (Lipinski definition) is 5. The van der Waals surface area contributed by atoms with Gasteiger partial charge in [-0.1, -0.05) is 29.3 Å². The highest BCUT2D eigenvalue weighted by Crippen LogP contribution is 2.33. The third-order valence-electron chi connectivity index (χ3n) is 4.24. The quantitative estimate of drug-likeness (QED) is 0.515. The highest BCUT2D eigenvalue weighted by molar-refractivity contribution is 8.13. The molecule has 0 aliphatic rings. The van der Waals surface area contributed by atoms with Crippen LogP contribution in [0.2, 0.25) is 10.0 Å². The minimum absolute atomic E-state index is 0.00239. The Kier molecular flexibility index (Phi) is 8.23. The van der Waals surface area contributed by atoms with Crippen molar-refractivity contribution in [2.45, 2.75) is 37.3 Å². The minimum Gasteiger partial charge on any atom is -0.392 e. The molecule has 1 N–H and O–H groups in total. The molecule has 2 aromatic rings. The van der Waals surface area contributed by atoms with Crippen molar-refractivity contribution in [2.75, 3.05) is 10.1 Å². The van der Waals surface area contributed by atoms with E-state index in [1.54, 1.807) is 13.0 Å². The molecule has 0 unspecified atom stereocenters. The summed E-state index contributed by atoms with van der Waals surface area (Å²) >= 11 is 12.0. The van der Waals surface area contributed by atoms with Crippen LogP contribution in [0, 0.1) is 0 Å². The van der Waals surface area contributed by atoms with Crippen molar-refractivity contribution in [3.8, 4) is 0 Å². The molecular formula is C18H20Cl3NO5S2. The largest absolute Gasteiger partial charge is 0.392 e. The Labute approximate surface area is 185 Å². The lowest BCUT2D eigenvalue weighted by molar-refractivity contribution is 0.282. The van der Waals surface area contributed by atoms with Crippen LogP contribution in [0.3, 0.4) is 0 Å². The second kappa shape index (κ2) is 9.85. The van der Waals surface area contributed by atoms with E-state index in [0.29, 0.717) is 15.6 Å². The first-order valence-electron chi connectivity index (χ1n) is 8.57. The maximum Gasteiger partial charge on any atom is 0.264 e. The molecular weight excluding hydrogens is 481 g/mol. The maximum absolute atomic E-state index is 13.4. The first-order chi connectivity index (χ1) is 13.5. The normalized spacial score (nSPS) is 13.3. The molecule has 29 heavy (non-hydrogen) atoms. The van der Waals surface area contributed by atoms with E-state index in [1.807, 2.05) is 0 Å². The van der Waals surface area contributed by atoms with Gasteiger partial charge < -0.3 is 5.11 Å². The molecule has 0 saturated heterocycles. The van der Waals surface area contributed by atoms with E-state index in [0.717, 1.165) is 4.31 Å². The van der Waals surface area contributed by atoms with E-state index in [9.17, 15) is 21.9 Å². The van der Waals surface area contributed by atoms with E-state index in [2.05, 4.69) is 0 Å². The number of halogens is 3. The Balaban J connectivity index is 2.53. The fourth-order valence-corrected chi connectivity index (χ4v) is 5.71. The van der Waals surface area contributed by atoms with Crippen molar-refractivity contribution >= 4 is 58.6 Å². The van der Waals surface area contributed by atoms with Crippen LogP contribution < -0.4 is 4.31 Å². The van der Waals surface area contributed by atoms with Crippen LogP contribution in [0.15, 0.2) is 47.4 Å². The SMILES string of the molecule is C[C@H](CCCS(=O)(=O)Cl)N(c1cc(Cl)ccc1CO)S(=O)(=O)c1ccc(Cl)cc1. The van der Waals surface area contributed by atoms with Gasteiger partial charge in [-0.15, -0.1) is 0 Å². The van der Waals surface area contributed by atoms with Crippen LogP contribution in [0.25, 0.3) is 0 Å². The monoisotopic (exact) mass is 499 g/mol. The van der Waals surface area contributed by atoms with Crippen LogP contribution >= 0.6 is 33.9 Å². The highest BCUT2D eigenvalue weighted by atomic mass is 35.7. The second-order valence-corrected chi connectivity index (χ2v) is 12.0. The lowest BCUT2D eigenvalue weighted by atomic mass is 10.1. The number of hydrogen-bond donors (Lipinski definition) is 1. The Hall–Kier alpha value is -1.03. The first-order valence-corrected chi connectivity index (χ1v) is 13.2. The molecule has 0 amide bonds. The van der Waals surface area contributed by atoms with Crippen molar-refractivity contribution < 1.29 is 21.9 Å². The van der Waals surface area contributed by atoms with Gasteiger partial charge in [0.1, 0.15) is 0 Å². The summed E-state index contributed by atoms with van der Waals surface area (Å²) in [5.41, 5.74) is 0.583. The number of sulfonamides is 1. The third kappa shape index (κ3) is 6.47. The molecule has 0 aliphatic carbocycles. The molecule has 0 bridgehead atoms. The molecule has 2 aromatic carbocycles. The van der Waals surface area contributed by atoms with Crippen molar-refractivity contribution in [1.29, 1.82) is 0 Å². The topological polar surface area (TPSA) is 91.8 Å². The maximum atomic E-state index is 13.4.